The number of piperidine rings is 1. The van der Waals surface area contributed by atoms with E-state index < -0.39 is 6.04 Å². The van der Waals surface area contributed by atoms with E-state index in [1.54, 1.807) is 36.1 Å². The highest BCUT2D eigenvalue weighted by molar-refractivity contribution is 5.99. The number of carbonyl (C=O) groups excluding carboxylic acids is 3. The van der Waals surface area contributed by atoms with Crippen LogP contribution >= 0.6 is 0 Å². The maximum Gasteiger partial charge on any atom is 0.328 e. The van der Waals surface area contributed by atoms with Gasteiger partial charge in [-0.25, -0.2) is 4.79 Å². The molecule has 1 aromatic rings. The number of likely N-dealkylation sites (tertiary alicyclic amines) is 1. The molecule has 1 unspecified atom stereocenters. The van der Waals surface area contributed by atoms with E-state index >= 15 is 0 Å². The second kappa shape index (κ2) is 8.34. The lowest BCUT2D eigenvalue weighted by molar-refractivity contribution is -0.149. The predicted octanol–water partition coefficient (Wildman–Crippen LogP) is 2.77. The molecule has 1 aliphatic heterocycles. The lowest BCUT2D eigenvalue weighted by Crippen LogP contribution is -2.48. The fourth-order valence-corrected chi connectivity index (χ4v) is 3.00. The van der Waals surface area contributed by atoms with Gasteiger partial charge in [-0.15, -0.1) is 0 Å². The first-order valence-electron chi connectivity index (χ1n) is 9.13. The van der Waals surface area contributed by atoms with Crippen molar-refractivity contribution in [1.29, 1.82) is 0 Å². The van der Waals surface area contributed by atoms with Gasteiger partial charge in [0.2, 0.25) is 0 Å². The molecule has 26 heavy (non-hydrogen) atoms. The summed E-state index contributed by atoms with van der Waals surface area (Å²) in [7, 11) is 0. The first-order valence-corrected chi connectivity index (χ1v) is 9.13. The fourth-order valence-electron chi connectivity index (χ4n) is 3.00. The number of hydrogen-bond donors (Lipinski definition) is 1. The molecule has 0 bridgehead atoms. The zero-order chi connectivity index (χ0) is 19.3. The maximum atomic E-state index is 12.8. The smallest absolute Gasteiger partial charge is 0.328 e. The van der Waals surface area contributed by atoms with Crippen molar-refractivity contribution in [3.8, 4) is 0 Å². The summed E-state index contributed by atoms with van der Waals surface area (Å²) in [5, 5.41) is 2.89. The lowest BCUT2D eigenvalue weighted by Gasteiger charge is -2.34. The largest absolute Gasteiger partial charge is 0.464 e. The highest BCUT2D eigenvalue weighted by Gasteiger charge is 2.33. The van der Waals surface area contributed by atoms with Crippen LogP contribution in [0.5, 0.6) is 0 Å². The Hall–Kier alpha value is -2.37. The second-order valence-electron chi connectivity index (χ2n) is 7.54. The summed E-state index contributed by atoms with van der Waals surface area (Å²) in [5.41, 5.74) is 0.636. The van der Waals surface area contributed by atoms with E-state index in [-0.39, 0.29) is 23.3 Å². The van der Waals surface area contributed by atoms with Crippen molar-refractivity contribution in [3.05, 3.63) is 35.4 Å². The molecule has 2 amide bonds. The van der Waals surface area contributed by atoms with E-state index in [0.717, 1.165) is 12.8 Å². The zero-order valence-electron chi connectivity index (χ0n) is 16.0. The van der Waals surface area contributed by atoms with E-state index in [9.17, 15) is 14.4 Å². The van der Waals surface area contributed by atoms with E-state index in [2.05, 4.69) is 5.32 Å². The molecule has 142 valence electrons. The quantitative estimate of drug-likeness (QED) is 0.838. The zero-order valence-corrected chi connectivity index (χ0v) is 16.0. The minimum atomic E-state index is -0.528. The van der Waals surface area contributed by atoms with Crippen LogP contribution < -0.4 is 5.32 Å². The number of hydrogen-bond acceptors (Lipinski definition) is 4. The van der Waals surface area contributed by atoms with Gasteiger partial charge >= 0.3 is 5.97 Å². The van der Waals surface area contributed by atoms with Crippen LogP contribution in [0.25, 0.3) is 0 Å². The highest BCUT2D eigenvalue weighted by atomic mass is 16.5. The number of benzene rings is 1. The Morgan fingerprint density at radius 3 is 2.31 bits per heavy atom. The summed E-state index contributed by atoms with van der Waals surface area (Å²) in [6.07, 6.45) is 2.39. The van der Waals surface area contributed by atoms with Crippen LogP contribution in [0.4, 0.5) is 0 Å². The SMILES string of the molecule is CCOC(=O)C1CCCCN1C(=O)c1ccc(C(=O)NC(C)(C)C)cc1. The van der Waals surface area contributed by atoms with E-state index in [4.69, 9.17) is 4.74 Å². The molecule has 1 N–H and O–H groups in total. The Morgan fingerprint density at radius 1 is 1.12 bits per heavy atom. The topological polar surface area (TPSA) is 75.7 Å². The standard InChI is InChI=1S/C20H28N2O4/c1-5-26-19(25)16-8-6-7-13-22(16)18(24)15-11-9-14(10-12-15)17(23)21-20(2,3)4/h9-12,16H,5-8,13H2,1-4H3,(H,21,23). The molecule has 2 rings (SSSR count). The van der Waals surface area contributed by atoms with Crippen molar-refractivity contribution in [2.24, 2.45) is 0 Å². The van der Waals surface area contributed by atoms with Crippen molar-refractivity contribution in [1.82, 2.24) is 10.2 Å². The summed E-state index contributed by atoms with van der Waals surface area (Å²) in [4.78, 5) is 38.8. The average molecular weight is 360 g/mol. The lowest BCUT2D eigenvalue weighted by atomic mass is 10.00. The maximum absolute atomic E-state index is 12.8. The third-order valence-corrected chi connectivity index (χ3v) is 4.20. The third kappa shape index (κ3) is 5.07. The number of nitrogens with zero attached hydrogens (tertiary/aromatic N) is 1. The van der Waals surface area contributed by atoms with Gasteiger partial charge in [-0.2, -0.15) is 0 Å². The Balaban J connectivity index is 2.13. The number of rotatable bonds is 4. The molecule has 0 radical (unpaired) electrons. The molecule has 0 spiro atoms. The number of carbonyl (C=O) groups is 3. The van der Waals surface area contributed by atoms with Gasteiger partial charge in [-0.05, 0) is 71.2 Å². The molecule has 1 atom stereocenters. The summed E-state index contributed by atoms with van der Waals surface area (Å²) in [5.74, 6) is -0.730. The van der Waals surface area contributed by atoms with Crippen molar-refractivity contribution in [2.75, 3.05) is 13.2 Å². The highest BCUT2D eigenvalue weighted by Crippen LogP contribution is 2.21. The van der Waals surface area contributed by atoms with Crippen molar-refractivity contribution < 1.29 is 19.1 Å². The van der Waals surface area contributed by atoms with Crippen LogP contribution in [-0.2, 0) is 9.53 Å². The summed E-state index contributed by atoms with van der Waals surface area (Å²) in [6, 6.07) is 6.02. The van der Waals surface area contributed by atoms with Crippen LogP contribution in [0, 0.1) is 0 Å². The van der Waals surface area contributed by atoms with Crippen LogP contribution in [0.1, 0.15) is 67.7 Å². The molecule has 1 saturated heterocycles. The molecular formula is C20H28N2O4. The molecule has 1 aliphatic rings. The molecule has 0 aliphatic carbocycles. The van der Waals surface area contributed by atoms with Crippen molar-refractivity contribution in [3.63, 3.8) is 0 Å². The minimum Gasteiger partial charge on any atom is -0.464 e. The molecule has 1 aromatic carbocycles. The predicted molar refractivity (Wildman–Crippen MR) is 99.0 cm³/mol. The second-order valence-corrected chi connectivity index (χ2v) is 7.54. The minimum absolute atomic E-state index is 0.182. The Kier molecular flexibility index (Phi) is 6.40. The molecule has 0 aromatic heterocycles. The third-order valence-electron chi connectivity index (χ3n) is 4.20. The monoisotopic (exact) mass is 360 g/mol. The van der Waals surface area contributed by atoms with Gasteiger partial charge in [-0.1, -0.05) is 0 Å². The van der Waals surface area contributed by atoms with Crippen molar-refractivity contribution in [2.45, 2.75) is 58.5 Å². The number of nitrogens with one attached hydrogen (secondary N) is 1. The first kappa shape index (κ1) is 19.9. The van der Waals surface area contributed by atoms with Gasteiger partial charge < -0.3 is 15.0 Å². The Labute approximate surface area is 154 Å². The first-order chi connectivity index (χ1) is 12.2. The number of ether oxygens (including phenoxy) is 1. The number of esters is 1. The summed E-state index contributed by atoms with van der Waals surface area (Å²) >= 11 is 0. The fraction of sp³-hybridized carbons (Fsp3) is 0.550. The molecule has 6 nitrogen and oxygen atoms in total. The van der Waals surface area contributed by atoms with E-state index in [1.165, 1.54) is 0 Å². The van der Waals surface area contributed by atoms with Gasteiger partial charge in [0.1, 0.15) is 6.04 Å². The molecule has 0 saturated carbocycles. The van der Waals surface area contributed by atoms with E-state index in [0.29, 0.717) is 30.7 Å². The van der Waals surface area contributed by atoms with Crippen LogP contribution in [0.3, 0.4) is 0 Å². The van der Waals surface area contributed by atoms with Gasteiger partial charge in [0, 0.05) is 23.2 Å². The summed E-state index contributed by atoms with van der Waals surface area (Å²) < 4.78 is 5.11. The molecule has 1 heterocycles. The van der Waals surface area contributed by atoms with Gasteiger partial charge in [0.05, 0.1) is 6.61 Å². The van der Waals surface area contributed by atoms with Crippen LogP contribution in [0.2, 0.25) is 0 Å². The van der Waals surface area contributed by atoms with E-state index in [1.807, 2.05) is 20.8 Å². The number of amides is 2. The molecular weight excluding hydrogens is 332 g/mol. The molecule has 6 heteroatoms. The normalized spacial score (nSPS) is 17.5. The Morgan fingerprint density at radius 2 is 1.73 bits per heavy atom. The van der Waals surface area contributed by atoms with Crippen LogP contribution in [0.15, 0.2) is 24.3 Å². The van der Waals surface area contributed by atoms with Crippen molar-refractivity contribution >= 4 is 17.8 Å². The summed E-state index contributed by atoms with van der Waals surface area (Å²) in [6.45, 7) is 8.33. The van der Waals surface area contributed by atoms with Gasteiger partial charge in [-0.3, -0.25) is 9.59 Å². The average Bonchev–Trinajstić information content (AvgIpc) is 2.60. The van der Waals surface area contributed by atoms with Crippen LogP contribution in [-0.4, -0.2) is 47.4 Å². The Bertz CT molecular complexity index is 661. The molecule has 1 fully saturated rings. The van der Waals surface area contributed by atoms with Gasteiger partial charge in [0.25, 0.3) is 11.8 Å². The van der Waals surface area contributed by atoms with Gasteiger partial charge in [0.15, 0.2) is 0 Å².